The van der Waals surface area contributed by atoms with Crippen molar-refractivity contribution in [3.05, 3.63) is 64.6 Å². The van der Waals surface area contributed by atoms with Gasteiger partial charge in [0, 0.05) is 6.42 Å². The number of hydrogen-bond donors (Lipinski definition) is 1. The van der Waals surface area contributed by atoms with Gasteiger partial charge < -0.3 is 19.3 Å². The van der Waals surface area contributed by atoms with Crippen LogP contribution in [0.5, 0.6) is 5.75 Å². The number of carbonyl (C=O) groups is 1. The molecule has 6 nitrogen and oxygen atoms in total. The Labute approximate surface area is 191 Å². The number of benzene rings is 1. The normalized spacial score (nSPS) is 17.5. The lowest BCUT2D eigenvalue weighted by atomic mass is 9.97. The number of allylic oxidation sites excluding steroid dienone is 3. The van der Waals surface area contributed by atoms with E-state index in [9.17, 15) is 9.90 Å². The predicted molar refractivity (Wildman–Crippen MR) is 127 cm³/mol. The van der Waals surface area contributed by atoms with Crippen LogP contribution in [0.25, 0.3) is 0 Å². The molecule has 2 rings (SSSR count). The van der Waals surface area contributed by atoms with Crippen molar-refractivity contribution >= 4 is 12.7 Å². The van der Waals surface area contributed by atoms with E-state index in [2.05, 4.69) is 37.7 Å². The van der Waals surface area contributed by atoms with Crippen molar-refractivity contribution in [3.8, 4) is 5.75 Å². The lowest BCUT2D eigenvalue weighted by molar-refractivity contribution is -0.143. The highest BCUT2D eigenvalue weighted by Crippen LogP contribution is 2.25. The summed E-state index contributed by atoms with van der Waals surface area (Å²) in [5.74, 6) is 0.599. The Morgan fingerprint density at radius 3 is 2.81 bits per heavy atom. The summed E-state index contributed by atoms with van der Waals surface area (Å²) >= 11 is 0. The topological polar surface area (TPSA) is 77.4 Å². The van der Waals surface area contributed by atoms with Gasteiger partial charge in [0.05, 0.1) is 31.4 Å². The summed E-state index contributed by atoms with van der Waals surface area (Å²) in [6.07, 6.45) is 7.30. The second-order valence-corrected chi connectivity index (χ2v) is 8.20. The van der Waals surface area contributed by atoms with Crippen molar-refractivity contribution < 1.29 is 24.1 Å². The quantitative estimate of drug-likeness (QED) is 0.285. The molecule has 0 saturated heterocycles. The Hall–Kier alpha value is -2.86. The first-order valence-electron chi connectivity index (χ1n) is 11.0. The summed E-state index contributed by atoms with van der Waals surface area (Å²) in [6, 6.07) is 5.72. The van der Waals surface area contributed by atoms with E-state index in [1.54, 1.807) is 0 Å². The van der Waals surface area contributed by atoms with Gasteiger partial charge in [-0.1, -0.05) is 38.1 Å². The lowest BCUT2D eigenvalue weighted by Gasteiger charge is -2.13. The first kappa shape index (κ1) is 25.4. The maximum atomic E-state index is 11.3. The Balaban J connectivity index is 1.92. The van der Waals surface area contributed by atoms with Crippen molar-refractivity contribution in [2.24, 2.45) is 16.8 Å². The van der Waals surface area contributed by atoms with E-state index in [1.165, 1.54) is 0 Å². The molecule has 1 N–H and O–H groups in total. The van der Waals surface area contributed by atoms with E-state index in [0.29, 0.717) is 38.6 Å². The molecular formula is C26H35NO5. The molecule has 0 radical (unpaired) electrons. The van der Waals surface area contributed by atoms with Gasteiger partial charge in [-0.25, -0.2) is 0 Å². The van der Waals surface area contributed by atoms with Crippen LogP contribution in [0, 0.1) is 11.8 Å². The largest absolute Gasteiger partial charge is 0.493 e. The summed E-state index contributed by atoms with van der Waals surface area (Å²) < 4.78 is 17.4. The zero-order chi connectivity index (χ0) is 23.5. The minimum Gasteiger partial charge on any atom is -0.493 e. The van der Waals surface area contributed by atoms with Gasteiger partial charge in [0.2, 0.25) is 0 Å². The molecule has 0 bridgehead atoms. The SMILES string of the molecule is C=N/C(CCOc1ccc2c(c1)COCC(C(=O)O)C2)=C(/C)OCC(/C=C\C(C)C)=C/C. The fourth-order valence-electron chi connectivity index (χ4n) is 3.27. The summed E-state index contributed by atoms with van der Waals surface area (Å²) in [4.78, 5) is 15.4. The van der Waals surface area contributed by atoms with Crippen LogP contribution in [-0.2, 0) is 27.3 Å². The molecule has 0 amide bonds. The van der Waals surface area contributed by atoms with Crippen LogP contribution in [0.2, 0.25) is 0 Å². The first-order valence-corrected chi connectivity index (χ1v) is 11.0. The molecule has 0 aliphatic carbocycles. The number of aliphatic imine (C=N–C) groups is 1. The number of hydrogen-bond acceptors (Lipinski definition) is 5. The molecule has 1 aromatic carbocycles. The molecule has 1 heterocycles. The maximum absolute atomic E-state index is 11.3. The van der Waals surface area contributed by atoms with Crippen LogP contribution >= 0.6 is 0 Å². The van der Waals surface area contributed by atoms with E-state index in [0.717, 1.165) is 33.9 Å². The highest BCUT2D eigenvalue weighted by atomic mass is 16.5. The van der Waals surface area contributed by atoms with Crippen molar-refractivity contribution in [2.75, 3.05) is 19.8 Å². The van der Waals surface area contributed by atoms with Crippen LogP contribution < -0.4 is 4.74 Å². The van der Waals surface area contributed by atoms with Crippen molar-refractivity contribution in [3.63, 3.8) is 0 Å². The molecule has 1 unspecified atom stereocenters. The number of rotatable bonds is 11. The summed E-state index contributed by atoms with van der Waals surface area (Å²) in [5, 5.41) is 9.27. The average Bonchev–Trinajstić information content (AvgIpc) is 2.98. The van der Waals surface area contributed by atoms with Crippen molar-refractivity contribution in [1.29, 1.82) is 0 Å². The number of carboxylic acids is 1. The second-order valence-electron chi connectivity index (χ2n) is 8.20. The van der Waals surface area contributed by atoms with Gasteiger partial charge in [-0.2, -0.15) is 0 Å². The number of aliphatic carboxylic acids is 1. The summed E-state index contributed by atoms with van der Waals surface area (Å²) in [6.45, 7) is 13.4. The molecule has 0 spiro atoms. The lowest BCUT2D eigenvalue weighted by Crippen LogP contribution is -2.20. The highest BCUT2D eigenvalue weighted by molar-refractivity contribution is 5.70. The first-order chi connectivity index (χ1) is 15.3. The molecule has 6 heteroatoms. The van der Waals surface area contributed by atoms with Crippen LogP contribution in [-0.4, -0.2) is 37.6 Å². The van der Waals surface area contributed by atoms with Crippen LogP contribution in [0.1, 0.15) is 45.2 Å². The molecule has 0 saturated carbocycles. The number of carboxylic acid groups (broad SMARTS) is 1. The zero-order valence-electron chi connectivity index (χ0n) is 19.6. The molecular weight excluding hydrogens is 406 g/mol. The Morgan fingerprint density at radius 1 is 1.38 bits per heavy atom. The standard InChI is InChI=1S/C26H35NO5/c1-6-20(8-7-18(2)3)15-32-19(4)25(27-5)11-12-31-24-10-9-21-13-23(26(28)29)17-30-16-22(21)14-24/h6-10,14,18,23H,5,11-13,15-17H2,1-4H3,(H,28,29)/b8-7-,20-6+,25-19-. The molecule has 1 aliphatic rings. The summed E-state index contributed by atoms with van der Waals surface area (Å²) in [7, 11) is 0. The van der Waals surface area contributed by atoms with Gasteiger partial charge in [-0.3, -0.25) is 9.79 Å². The molecule has 0 aromatic heterocycles. The summed E-state index contributed by atoms with van der Waals surface area (Å²) in [5.41, 5.74) is 3.83. The van der Waals surface area contributed by atoms with Crippen LogP contribution in [0.3, 0.4) is 0 Å². The average molecular weight is 442 g/mol. The Kier molecular flexibility index (Phi) is 10.2. The molecule has 1 aliphatic heterocycles. The number of fused-ring (bicyclic) bond motifs is 1. The zero-order valence-corrected chi connectivity index (χ0v) is 19.6. The predicted octanol–water partition coefficient (Wildman–Crippen LogP) is 5.34. The number of ether oxygens (including phenoxy) is 3. The van der Waals surface area contributed by atoms with Crippen LogP contribution in [0.4, 0.5) is 0 Å². The third kappa shape index (κ3) is 8.00. The minimum atomic E-state index is -0.829. The molecule has 0 fully saturated rings. The second kappa shape index (κ2) is 12.9. The Bertz CT molecular complexity index is 882. The minimum absolute atomic E-state index is 0.223. The van der Waals surface area contributed by atoms with E-state index < -0.39 is 11.9 Å². The van der Waals surface area contributed by atoms with E-state index >= 15 is 0 Å². The Morgan fingerprint density at radius 2 is 2.16 bits per heavy atom. The fourth-order valence-corrected chi connectivity index (χ4v) is 3.27. The fraction of sp³-hybridized carbons (Fsp3) is 0.462. The molecule has 32 heavy (non-hydrogen) atoms. The monoisotopic (exact) mass is 441 g/mol. The van der Waals surface area contributed by atoms with Gasteiger partial charge in [-0.15, -0.1) is 0 Å². The van der Waals surface area contributed by atoms with Gasteiger partial charge in [0.1, 0.15) is 18.1 Å². The molecule has 1 atom stereocenters. The van der Waals surface area contributed by atoms with Crippen molar-refractivity contribution in [1.82, 2.24) is 0 Å². The van der Waals surface area contributed by atoms with Gasteiger partial charge in [0.25, 0.3) is 0 Å². The smallest absolute Gasteiger partial charge is 0.309 e. The third-order valence-electron chi connectivity index (χ3n) is 5.30. The highest BCUT2D eigenvalue weighted by Gasteiger charge is 2.23. The van der Waals surface area contributed by atoms with Gasteiger partial charge in [-0.05, 0) is 61.7 Å². The molecule has 174 valence electrons. The van der Waals surface area contributed by atoms with Gasteiger partial charge >= 0.3 is 5.97 Å². The van der Waals surface area contributed by atoms with E-state index in [4.69, 9.17) is 14.2 Å². The van der Waals surface area contributed by atoms with Crippen LogP contribution in [0.15, 0.2) is 58.4 Å². The van der Waals surface area contributed by atoms with Crippen molar-refractivity contribution in [2.45, 2.75) is 47.1 Å². The van der Waals surface area contributed by atoms with E-state index in [-0.39, 0.29) is 6.61 Å². The maximum Gasteiger partial charge on any atom is 0.309 e. The number of nitrogens with zero attached hydrogens (tertiary/aromatic N) is 1. The molecule has 1 aromatic rings. The third-order valence-corrected chi connectivity index (χ3v) is 5.30. The van der Waals surface area contributed by atoms with E-state index in [1.807, 2.05) is 38.1 Å². The van der Waals surface area contributed by atoms with Gasteiger partial charge in [0.15, 0.2) is 0 Å².